The molecule has 0 radical (unpaired) electrons. The summed E-state index contributed by atoms with van der Waals surface area (Å²) in [5.74, 6) is -0.425. The average molecular weight is 539 g/mol. The molecular formula is C32H30N2O4S. The monoisotopic (exact) mass is 538 g/mol. The highest BCUT2D eigenvalue weighted by molar-refractivity contribution is 7.17. The quantitative estimate of drug-likeness (QED) is 0.244. The summed E-state index contributed by atoms with van der Waals surface area (Å²) in [6.45, 7) is 6.23. The third-order valence-corrected chi connectivity index (χ3v) is 8.21. The van der Waals surface area contributed by atoms with Gasteiger partial charge in [0.2, 0.25) is 5.78 Å². The zero-order valence-electron chi connectivity index (χ0n) is 22.3. The Morgan fingerprint density at radius 1 is 1.03 bits per heavy atom. The molecule has 1 aliphatic rings. The van der Waals surface area contributed by atoms with Gasteiger partial charge in [-0.3, -0.25) is 9.59 Å². The third kappa shape index (κ3) is 5.10. The highest BCUT2D eigenvalue weighted by Gasteiger charge is 2.44. The van der Waals surface area contributed by atoms with Gasteiger partial charge >= 0.3 is 0 Å². The molecular weight excluding hydrogens is 508 g/mol. The van der Waals surface area contributed by atoms with Crippen molar-refractivity contribution in [2.75, 3.05) is 7.11 Å². The van der Waals surface area contributed by atoms with Crippen LogP contribution >= 0.6 is 11.3 Å². The Labute approximate surface area is 232 Å². The summed E-state index contributed by atoms with van der Waals surface area (Å²) >= 11 is 1.27. The lowest BCUT2D eigenvalue weighted by molar-refractivity contribution is -0.130. The highest BCUT2D eigenvalue weighted by Crippen LogP contribution is 2.42. The minimum atomic E-state index is -0.741. The van der Waals surface area contributed by atoms with E-state index in [1.165, 1.54) is 11.3 Å². The number of aliphatic hydroxyl groups is 1. The van der Waals surface area contributed by atoms with Crippen molar-refractivity contribution in [3.8, 4) is 16.3 Å². The first kappa shape index (κ1) is 26.4. The van der Waals surface area contributed by atoms with Gasteiger partial charge in [0.25, 0.3) is 5.91 Å². The van der Waals surface area contributed by atoms with Crippen LogP contribution in [0.3, 0.4) is 0 Å². The van der Waals surface area contributed by atoms with Gasteiger partial charge in [0.1, 0.15) is 10.8 Å². The zero-order chi connectivity index (χ0) is 27.7. The van der Waals surface area contributed by atoms with Gasteiger partial charge in [0, 0.05) is 12.1 Å². The van der Waals surface area contributed by atoms with Crippen molar-refractivity contribution in [3.05, 3.63) is 117 Å². The maximum Gasteiger partial charge on any atom is 0.290 e. The van der Waals surface area contributed by atoms with E-state index in [1.54, 1.807) is 18.9 Å². The number of ether oxygens (including phenoxy) is 1. The van der Waals surface area contributed by atoms with Crippen LogP contribution in [-0.4, -0.2) is 33.8 Å². The van der Waals surface area contributed by atoms with Crippen LogP contribution in [0.25, 0.3) is 10.6 Å². The molecule has 2 heterocycles. The van der Waals surface area contributed by atoms with E-state index < -0.39 is 17.7 Å². The number of rotatable bonds is 8. The molecule has 0 saturated heterocycles. The first-order valence-corrected chi connectivity index (χ1v) is 13.6. The fraction of sp³-hybridized carbons (Fsp3) is 0.219. The summed E-state index contributed by atoms with van der Waals surface area (Å²) in [7, 11) is 1.60. The Balaban J connectivity index is 1.56. The van der Waals surface area contributed by atoms with E-state index in [0.717, 1.165) is 22.3 Å². The predicted octanol–water partition coefficient (Wildman–Crippen LogP) is 7.03. The number of aromatic nitrogens is 1. The van der Waals surface area contributed by atoms with Gasteiger partial charge < -0.3 is 14.7 Å². The largest absolute Gasteiger partial charge is 0.503 e. The minimum Gasteiger partial charge on any atom is -0.503 e. The molecule has 1 atom stereocenters. The number of Topliss-reactive ketones (excluding diaryl/α,β-unsaturated/α-hetero) is 1. The molecule has 0 bridgehead atoms. The second kappa shape index (κ2) is 10.9. The van der Waals surface area contributed by atoms with Crippen LogP contribution < -0.4 is 4.74 Å². The summed E-state index contributed by atoms with van der Waals surface area (Å²) in [4.78, 5) is 34.2. The fourth-order valence-corrected chi connectivity index (χ4v) is 5.85. The summed E-state index contributed by atoms with van der Waals surface area (Å²) in [6, 6.07) is 24.2. The number of hydrogen-bond acceptors (Lipinski definition) is 6. The molecule has 1 unspecified atom stereocenters. The Kier molecular flexibility index (Phi) is 7.35. The lowest BCUT2D eigenvalue weighted by Crippen LogP contribution is -2.30. The van der Waals surface area contributed by atoms with Crippen molar-refractivity contribution >= 4 is 23.0 Å². The lowest BCUT2D eigenvalue weighted by Gasteiger charge is -2.27. The van der Waals surface area contributed by atoms with Crippen molar-refractivity contribution in [3.63, 3.8) is 0 Å². The Morgan fingerprint density at radius 3 is 2.31 bits per heavy atom. The summed E-state index contributed by atoms with van der Waals surface area (Å²) in [5, 5.41) is 11.9. The van der Waals surface area contributed by atoms with Gasteiger partial charge in [0.15, 0.2) is 5.76 Å². The molecule has 4 aromatic rings. The van der Waals surface area contributed by atoms with Crippen LogP contribution in [0.5, 0.6) is 5.75 Å². The van der Waals surface area contributed by atoms with E-state index in [2.05, 4.69) is 18.8 Å². The van der Waals surface area contributed by atoms with E-state index in [9.17, 15) is 14.7 Å². The molecule has 7 heteroatoms. The Morgan fingerprint density at radius 2 is 1.69 bits per heavy atom. The number of carbonyl (C=O) groups is 2. The second-order valence-corrected chi connectivity index (χ2v) is 10.9. The highest BCUT2D eigenvalue weighted by atomic mass is 32.1. The SMILES string of the molecule is COc1ccc(CN2C(=O)C(O)=C(C(=O)c3sc(-c4ccccc4)nc3C)C2c2ccc(C(C)C)cc2)cc1. The van der Waals surface area contributed by atoms with Crippen LogP contribution in [-0.2, 0) is 11.3 Å². The molecule has 0 spiro atoms. The number of aliphatic hydroxyl groups excluding tert-OH is 1. The van der Waals surface area contributed by atoms with Crippen molar-refractivity contribution in [2.45, 2.75) is 39.3 Å². The fourth-order valence-electron chi connectivity index (χ4n) is 4.82. The maximum absolute atomic E-state index is 14.1. The van der Waals surface area contributed by atoms with E-state index >= 15 is 0 Å². The molecule has 0 fully saturated rings. The summed E-state index contributed by atoms with van der Waals surface area (Å²) in [6.07, 6.45) is 0. The summed E-state index contributed by atoms with van der Waals surface area (Å²) in [5.41, 5.74) is 4.33. The molecule has 1 aromatic heterocycles. The molecule has 1 N–H and O–H groups in total. The second-order valence-electron chi connectivity index (χ2n) is 9.90. The summed E-state index contributed by atoms with van der Waals surface area (Å²) < 4.78 is 5.26. The number of hydrogen-bond donors (Lipinski definition) is 1. The van der Waals surface area contributed by atoms with Crippen LogP contribution in [0.2, 0.25) is 0 Å². The van der Waals surface area contributed by atoms with Gasteiger partial charge in [-0.2, -0.15) is 0 Å². The van der Waals surface area contributed by atoms with Gasteiger partial charge in [0.05, 0.1) is 29.3 Å². The van der Waals surface area contributed by atoms with E-state index in [-0.39, 0.29) is 17.9 Å². The average Bonchev–Trinajstić information content (AvgIpc) is 3.46. The van der Waals surface area contributed by atoms with Crippen molar-refractivity contribution in [1.29, 1.82) is 0 Å². The standard InChI is InChI=1S/C32H30N2O4S/c1-19(2)22-12-14-23(15-13-22)27-26(28(35)30-20(3)33-31(39-30)24-8-6-5-7-9-24)29(36)32(37)34(27)18-21-10-16-25(38-4)17-11-21/h5-17,19,27,36H,18H2,1-4H3. The normalized spacial score (nSPS) is 15.4. The molecule has 0 aliphatic carbocycles. The molecule has 198 valence electrons. The van der Waals surface area contributed by atoms with Gasteiger partial charge in [-0.15, -0.1) is 11.3 Å². The zero-order valence-corrected chi connectivity index (χ0v) is 23.2. The molecule has 39 heavy (non-hydrogen) atoms. The number of nitrogens with zero attached hydrogens (tertiary/aromatic N) is 2. The number of amides is 1. The minimum absolute atomic E-state index is 0.0807. The molecule has 3 aromatic carbocycles. The number of thiazole rings is 1. The lowest BCUT2D eigenvalue weighted by atomic mass is 9.92. The van der Waals surface area contributed by atoms with Gasteiger partial charge in [-0.05, 0) is 41.7 Å². The smallest absolute Gasteiger partial charge is 0.290 e. The first-order chi connectivity index (χ1) is 18.8. The molecule has 6 nitrogen and oxygen atoms in total. The molecule has 1 amide bonds. The predicted molar refractivity (Wildman–Crippen MR) is 153 cm³/mol. The van der Waals surface area contributed by atoms with Gasteiger partial charge in [-0.25, -0.2) is 4.98 Å². The van der Waals surface area contributed by atoms with Crippen LogP contribution in [0, 0.1) is 6.92 Å². The van der Waals surface area contributed by atoms with E-state index in [1.807, 2.05) is 78.9 Å². The third-order valence-electron chi connectivity index (χ3n) is 7.00. The molecule has 5 rings (SSSR count). The van der Waals surface area contributed by atoms with E-state index in [4.69, 9.17) is 4.74 Å². The molecule has 0 saturated carbocycles. The van der Waals surface area contributed by atoms with Crippen LogP contribution in [0.1, 0.15) is 57.9 Å². The Hall–Kier alpha value is -4.23. The van der Waals surface area contributed by atoms with E-state index in [0.29, 0.717) is 27.2 Å². The first-order valence-electron chi connectivity index (χ1n) is 12.8. The van der Waals surface area contributed by atoms with Crippen LogP contribution in [0.15, 0.2) is 90.2 Å². The molecule has 1 aliphatic heterocycles. The van der Waals surface area contributed by atoms with Crippen LogP contribution in [0.4, 0.5) is 0 Å². The number of carbonyl (C=O) groups excluding carboxylic acids is 2. The van der Waals surface area contributed by atoms with Crippen molar-refractivity contribution in [2.24, 2.45) is 0 Å². The Bertz CT molecular complexity index is 1540. The number of benzene rings is 3. The topological polar surface area (TPSA) is 79.7 Å². The van der Waals surface area contributed by atoms with Gasteiger partial charge in [-0.1, -0.05) is 80.6 Å². The van der Waals surface area contributed by atoms with Crippen molar-refractivity contribution in [1.82, 2.24) is 9.88 Å². The number of ketones is 1. The maximum atomic E-state index is 14.1. The van der Waals surface area contributed by atoms with Crippen molar-refractivity contribution < 1.29 is 19.4 Å². The number of aryl methyl sites for hydroxylation is 1. The number of methoxy groups -OCH3 is 1.